The van der Waals surface area contributed by atoms with Crippen molar-refractivity contribution in [1.29, 1.82) is 0 Å². The molecule has 0 aliphatic heterocycles. The molecule has 1 rings (SSSR count). The van der Waals surface area contributed by atoms with Gasteiger partial charge >= 0.3 is 0 Å². The summed E-state index contributed by atoms with van der Waals surface area (Å²) in [5, 5.41) is 12.3. The van der Waals surface area contributed by atoms with Crippen LogP contribution in [0.2, 0.25) is 5.02 Å². The molecule has 14 heavy (non-hydrogen) atoms. The summed E-state index contributed by atoms with van der Waals surface area (Å²) in [4.78, 5) is 7.80. The first kappa shape index (κ1) is 11.2. The third kappa shape index (κ3) is 3.47. The molecule has 1 aromatic heterocycles. The van der Waals surface area contributed by atoms with Crippen LogP contribution in [0.15, 0.2) is 12.5 Å². The van der Waals surface area contributed by atoms with Crippen LogP contribution in [0, 0.1) is 0 Å². The minimum Gasteiger partial charge on any atom is -0.396 e. The standard InChI is InChI=1S/C9H14ClN3O/c1-7(3-2-4-14)13-9-8(10)5-11-6-12-9/h5-7,14H,2-4H2,1H3,(H,11,12,13). The minimum atomic E-state index is 0.212. The first-order valence-corrected chi connectivity index (χ1v) is 4.94. The Labute approximate surface area is 88.3 Å². The smallest absolute Gasteiger partial charge is 0.148 e. The number of nitrogens with zero attached hydrogens (tertiary/aromatic N) is 2. The van der Waals surface area contributed by atoms with Crippen molar-refractivity contribution in [2.75, 3.05) is 11.9 Å². The first-order valence-electron chi connectivity index (χ1n) is 4.57. The number of rotatable bonds is 5. The van der Waals surface area contributed by atoms with Gasteiger partial charge in [-0.2, -0.15) is 0 Å². The highest BCUT2D eigenvalue weighted by Crippen LogP contribution is 2.17. The maximum absolute atomic E-state index is 8.66. The first-order chi connectivity index (χ1) is 6.74. The van der Waals surface area contributed by atoms with E-state index in [1.165, 1.54) is 6.33 Å². The average molecular weight is 216 g/mol. The van der Waals surface area contributed by atoms with E-state index < -0.39 is 0 Å². The topological polar surface area (TPSA) is 58.0 Å². The number of halogens is 1. The van der Waals surface area contributed by atoms with Crippen molar-refractivity contribution in [2.45, 2.75) is 25.8 Å². The highest BCUT2D eigenvalue weighted by atomic mass is 35.5. The van der Waals surface area contributed by atoms with E-state index in [1.807, 2.05) is 6.92 Å². The van der Waals surface area contributed by atoms with E-state index in [0.29, 0.717) is 10.8 Å². The Morgan fingerprint density at radius 3 is 3.07 bits per heavy atom. The zero-order valence-electron chi connectivity index (χ0n) is 8.07. The van der Waals surface area contributed by atoms with Gasteiger partial charge in [0.15, 0.2) is 0 Å². The number of aromatic nitrogens is 2. The van der Waals surface area contributed by atoms with Crippen LogP contribution >= 0.6 is 11.6 Å². The maximum atomic E-state index is 8.66. The van der Waals surface area contributed by atoms with E-state index in [0.717, 1.165) is 12.8 Å². The molecule has 0 aromatic carbocycles. The molecule has 0 saturated heterocycles. The second-order valence-corrected chi connectivity index (χ2v) is 3.54. The van der Waals surface area contributed by atoms with Gasteiger partial charge in [0.1, 0.15) is 17.2 Å². The molecule has 1 unspecified atom stereocenters. The predicted octanol–water partition coefficient (Wildman–Crippen LogP) is 1.70. The number of anilines is 1. The highest BCUT2D eigenvalue weighted by Gasteiger charge is 2.05. The Morgan fingerprint density at radius 2 is 2.43 bits per heavy atom. The van der Waals surface area contributed by atoms with Gasteiger partial charge in [0.05, 0.1) is 6.20 Å². The minimum absolute atomic E-state index is 0.212. The Morgan fingerprint density at radius 1 is 1.64 bits per heavy atom. The third-order valence-electron chi connectivity index (χ3n) is 1.85. The summed E-state index contributed by atoms with van der Waals surface area (Å²) >= 11 is 5.87. The Kier molecular flexibility index (Phi) is 4.62. The molecule has 2 N–H and O–H groups in total. The molecule has 0 aliphatic carbocycles. The Hall–Kier alpha value is -0.870. The van der Waals surface area contributed by atoms with Crippen molar-refractivity contribution in [3.8, 4) is 0 Å². The number of nitrogens with one attached hydrogen (secondary N) is 1. The average Bonchev–Trinajstić information content (AvgIpc) is 2.18. The van der Waals surface area contributed by atoms with Crippen LogP contribution in [0.3, 0.4) is 0 Å². The van der Waals surface area contributed by atoms with Crippen LogP contribution in [-0.4, -0.2) is 27.7 Å². The molecule has 78 valence electrons. The van der Waals surface area contributed by atoms with E-state index in [1.54, 1.807) is 6.20 Å². The van der Waals surface area contributed by atoms with Crippen molar-refractivity contribution in [1.82, 2.24) is 9.97 Å². The molecule has 1 aromatic rings. The normalized spacial score (nSPS) is 12.5. The predicted molar refractivity (Wildman–Crippen MR) is 56.4 cm³/mol. The lowest BCUT2D eigenvalue weighted by atomic mass is 10.2. The summed E-state index contributed by atoms with van der Waals surface area (Å²) in [5.41, 5.74) is 0. The van der Waals surface area contributed by atoms with Gasteiger partial charge in [-0.3, -0.25) is 0 Å². The Balaban J connectivity index is 2.47. The molecule has 1 atom stereocenters. The summed E-state index contributed by atoms with van der Waals surface area (Å²) in [6.07, 6.45) is 4.66. The number of hydrogen-bond acceptors (Lipinski definition) is 4. The van der Waals surface area contributed by atoms with Crippen molar-refractivity contribution in [2.24, 2.45) is 0 Å². The van der Waals surface area contributed by atoms with E-state index in [-0.39, 0.29) is 12.6 Å². The molecule has 4 nitrogen and oxygen atoms in total. The van der Waals surface area contributed by atoms with Crippen molar-refractivity contribution >= 4 is 17.4 Å². The lowest BCUT2D eigenvalue weighted by Gasteiger charge is -2.14. The van der Waals surface area contributed by atoms with Crippen molar-refractivity contribution < 1.29 is 5.11 Å². The lowest BCUT2D eigenvalue weighted by Crippen LogP contribution is -2.16. The van der Waals surface area contributed by atoms with Crippen LogP contribution in [-0.2, 0) is 0 Å². The molecule has 0 amide bonds. The fraction of sp³-hybridized carbons (Fsp3) is 0.556. The van der Waals surface area contributed by atoms with Crippen LogP contribution < -0.4 is 5.32 Å². The molecule has 0 aliphatic rings. The number of aliphatic hydroxyl groups is 1. The largest absolute Gasteiger partial charge is 0.396 e. The zero-order valence-corrected chi connectivity index (χ0v) is 8.83. The molecule has 0 saturated carbocycles. The van der Waals surface area contributed by atoms with E-state index in [9.17, 15) is 0 Å². The molecular formula is C9H14ClN3O. The summed E-state index contributed by atoms with van der Waals surface area (Å²) < 4.78 is 0. The van der Waals surface area contributed by atoms with Crippen LogP contribution in [0.25, 0.3) is 0 Å². The fourth-order valence-electron chi connectivity index (χ4n) is 1.12. The van der Waals surface area contributed by atoms with Crippen LogP contribution in [0.5, 0.6) is 0 Å². The van der Waals surface area contributed by atoms with Crippen LogP contribution in [0.1, 0.15) is 19.8 Å². The number of hydrogen-bond donors (Lipinski definition) is 2. The SMILES string of the molecule is CC(CCCO)Nc1ncncc1Cl. The Bertz CT molecular complexity index is 283. The molecule has 0 bridgehead atoms. The third-order valence-corrected chi connectivity index (χ3v) is 2.12. The van der Waals surface area contributed by atoms with Crippen molar-refractivity contribution in [3.05, 3.63) is 17.5 Å². The monoisotopic (exact) mass is 215 g/mol. The van der Waals surface area contributed by atoms with Gasteiger partial charge in [-0.05, 0) is 19.8 Å². The molecule has 0 radical (unpaired) electrons. The van der Waals surface area contributed by atoms with Gasteiger partial charge in [-0.1, -0.05) is 11.6 Å². The zero-order chi connectivity index (χ0) is 10.4. The molecule has 1 heterocycles. The van der Waals surface area contributed by atoms with Gasteiger partial charge in [0.25, 0.3) is 0 Å². The highest BCUT2D eigenvalue weighted by molar-refractivity contribution is 6.32. The van der Waals surface area contributed by atoms with Gasteiger partial charge in [-0.25, -0.2) is 9.97 Å². The summed E-state index contributed by atoms with van der Waals surface area (Å²) in [6.45, 7) is 2.23. The second kappa shape index (κ2) is 5.78. The molecule has 0 fully saturated rings. The van der Waals surface area contributed by atoms with E-state index >= 15 is 0 Å². The van der Waals surface area contributed by atoms with Gasteiger partial charge in [0, 0.05) is 12.6 Å². The summed E-state index contributed by atoms with van der Waals surface area (Å²) in [5.74, 6) is 0.645. The van der Waals surface area contributed by atoms with Crippen molar-refractivity contribution in [3.63, 3.8) is 0 Å². The quantitative estimate of drug-likeness (QED) is 0.785. The van der Waals surface area contributed by atoms with Gasteiger partial charge in [0.2, 0.25) is 0 Å². The molecule has 5 heteroatoms. The van der Waals surface area contributed by atoms with Crippen LogP contribution in [0.4, 0.5) is 5.82 Å². The van der Waals surface area contributed by atoms with Gasteiger partial charge < -0.3 is 10.4 Å². The number of aliphatic hydroxyl groups excluding tert-OH is 1. The van der Waals surface area contributed by atoms with E-state index in [2.05, 4.69) is 15.3 Å². The second-order valence-electron chi connectivity index (χ2n) is 3.13. The summed E-state index contributed by atoms with van der Waals surface area (Å²) in [7, 11) is 0. The van der Waals surface area contributed by atoms with E-state index in [4.69, 9.17) is 16.7 Å². The van der Waals surface area contributed by atoms with Gasteiger partial charge in [-0.15, -0.1) is 0 Å². The fourth-order valence-corrected chi connectivity index (χ4v) is 1.28. The summed E-state index contributed by atoms with van der Waals surface area (Å²) in [6, 6.07) is 0.245. The lowest BCUT2D eigenvalue weighted by molar-refractivity contribution is 0.282. The molecule has 0 spiro atoms. The molecular weight excluding hydrogens is 202 g/mol. The maximum Gasteiger partial charge on any atom is 0.148 e.